The van der Waals surface area contributed by atoms with Crippen LogP contribution in [0.4, 0.5) is 9.18 Å². The number of hydrogen-bond donors (Lipinski definition) is 0. The number of aryl methyl sites for hydroxylation is 1. The predicted molar refractivity (Wildman–Crippen MR) is 80.2 cm³/mol. The molecule has 7 nitrogen and oxygen atoms in total. The van der Waals surface area contributed by atoms with Crippen LogP contribution in [0.3, 0.4) is 0 Å². The van der Waals surface area contributed by atoms with Crippen LogP contribution in [0, 0.1) is 12.9 Å². The molecule has 0 atom stereocenters. The van der Waals surface area contributed by atoms with Crippen molar-refractivity contribution in [2.75, 3.05) is 19.7 Å². The first-order chi connectivity index (χ1) is 11.5. The number of aromatic nitrogens is 2. The van der Waals surface area contributed by atoms with Crippen LogP contribution in [0.2, 0.25) is 0 Å². The number of hydrogen-bond acceptors (Lipinski definition) is 5. The van der Waals surface area contributed by atoms with E-state index >= 15 is 0 Å². The Morgan fingerprint density at radius 1 is 1.33 bits per heavy atom. The zero-order valence-corrected chi connectivity index (χ0v) is 13.1. The van der Waals surface area contributed by atoms with Crippen molar-refractivity contribution in [1.82, 2.24) is 14.3 Å². The molecule has 0 aliphatic carbocycles. The molecular formula is C16H16FN3O4. The first-order valence-electron chi connectivity index (χ1n) is 7.77. The number of fused-ring (bicyclic) bond motifs is 1. The largest absolute Gasteiger partial charge is 0.509 e. The minimum Gasteiger partial charge on any atom is -0.430 e. The number of carbonyl (C=O) groups is 2. The number of piperidine rings is 1. The van der Waals surface area contributed by atoms with E-state index in [-0.39, 0.29) is 12.3 Å². The van der Waals surface area contributed by atoms with Crippen molar-refractivity contribution < 1.29 is 23.5 Å². The molecule has 0 radical (unpaired) electrons. The van der Waals surface area contributed by atoms with Crippen molar-refractivity contribution in [3.63, 3.8) is 0 Å². The summed E-state index contributed by atoms with van der Waals surface area (Å²) in [7, 11) is 0. The number of likely N-dealkylation sites (tertiary alicyclic amines) is 1. The first kappa shape index (κ1) is 14.9. The van der Waals surface area contributed by atoms with Crippen LogP contribution in [-0.4, -0.2) is 51.6 Å². The molecule has 126 valence electrons. The fraction of sp³-hybridized carbons (Fsp3) is 0.438. The van der Waals surface area contributed by atoms with Gasteiger partial charge >= 0.3 is 6.16 Å². The lowest BCUT2D eigenvalue weighted by molar-refractivity contribution is 0.00253. The van der Waals surface area contributed by atoms with Gasteiger partial charge in [0.05, 0.1) is 0 Å². The normalized spacial score (nSPS) is 19.6. The molecular weight excluding hydrogens is 317 g/mol. The molecule has 2 aromatic rings. The molecule has 0 unspecified atom stereocenters. The Bertz CT molecular complexity index is 839. The van der Waals surface area contributed by atoms with Gasteiger partial charge in [0, 0.05) is 32.1 Å². The average Bonchev–Trinajstić information content (AvgIpc) is 3.09. The molecule has 1 amide bonds. The maximum absolute atomic E-state index is 14.5. The van der Waals surface area contributed by atoms with Crippen LogP contribution in [0.15, 0.2) is 18.3 Å². The lowest BCUT2D eigenvalue weighted by atomic mass is 9.92. The van der Waals surface area contributed by atoms with E-state index in [0.717, 1.165) is 5.56 Å². The van der Waals surface area contributed by atoms with Gasteiger partial charge in [-0.1, -0.05) is 6.07 Å². The molecule has 0 N–H and O–H groups in total. The van der Waals surface area contributed by atoms with Gasteiger partial charge in [0.15, 0.2) is 11.3 Å². The summed E-state index contributed by atoms with van der Waals surface area (Å²) in [6.07, 6.45) is 1.88. The molecule has 4 heterocycles. The van der Waals surface area contributed by atoms with Crippen LogP contribution in [0.1, 0.15) is 28.9 Å². The molecule has 8 heteroatoms. The average molecular weight is 333 g/mol. The van der Waals surface area contributed by atoms with Crippen molar-refractivity contribution in [2.24, 2.45) is 0 Å². The SMILES string of the molecule is Cc1ccc2nc(C(=O)N3CCC4(CC3)COC(=O)O4)c(F)n2c1. The molecule has 2 fully saturated rings. The fourth-order valence-corrected chi connectivity index (χ4v) is 3.20. The Balaban J connectivity index is 1.55. The van der Waals surface area contributed by atoms with Crippen LogP contribution in [0.25, 0.3) is 5.65 Å². The summed E-state index contributed by atoms with van der Waals surface area (Å²) in [4.78, 5) is 29.4. The number of cyclic esters (lactones) is 1. The highest BCUT2D eigenvalue weighted by atomic mass is 19.1. The minimum absolute atomic E-state index is 0.184. The Labute approximate surface area is 137 Å². The number of imidazole rings is 1. The van der Waals surface area contributed by atoms with Gasteiger partial charge in [0.1, 0.15) is 12.3 Å². The summed E-state index contributed by atoms with van der Waals surface area (Å²) in [6, 6.07) is 3.49. The summed E-state index contributed by atoms with van der Waals surface area (Å²) in [5.74, 6) is -1.11. The first-order valence-corrected chi connectivity index (χ1v) is 7.77. The molecule has 4 rings (SSSR count). The Morgan fingerprint density at radius 2 is 2.08 bits per heavy atom. The highest BCUT2D eigenvalue weighted by Crippen LogP contribution is 2.32. The van der Waals surface area contributed by atoms with Gasteiger partial charge in [0.2, 0.25) is 5.95 Å². The van der Waals surface area contributed by atoms with Gasteiger partial charge in [-0.3, -0.25) is 9.20 Å². The maximum atomic E-state index is 14.5. The smallest absolute Gasteiger partial charge is 0.430 e. The van der Waals surface area contributed by atoms with E-state index in [4.69, 9.17) is 9.47 Å². The molecule has 2 saturated heterocycles. The van der Waals surface area contributed by atoms with Crippen LogP contribution >= 0.6 is 0 Å². The van der Waals surface area contributed by atoms with Gasteiger partial charge < -0.3 is 14.4 Å². The quantitative estimate of drug-likeness (QED) is 0.746. The second-order valence-electron chi connectivity index (χ2n) is 6.30. The Kier molecular flexibility index (Phi) is 3.22. The zero-order chi connectivity index (χ0) is 16.9. The van der Waals surface area contributed by atoms with Gasteiger partial charge in [0.25, 0.3) is 5.91 Å². The van der Waals surface area contributed by atoms with Crippen molar-refractivity contribution in [2.45, 2.75) is 25.4 Å². The lowest BCUT2D eigenvalue weighted by Gasteiger charge is -2.35. The highest BCUT2D eigenvalue weighted by Gasteiger charge is 2.45. The topological polar surface area (TPSA) is 73.1 Å². The molecule has 0 bridgehead atoms. The third-order valence-corrected chi connectivity index (χ3v) is 4.63. The Morgan fingerprint density at radius 3 is 2.75 bits per heavy atom. The van der Waals surface area contributed by atoms with E-state index < -0.39 is 23.6 Å². The third-order valence-electron chi connectivity index (χ3n) is 4.63. The molecule has 0 aromatic carbocycles. The van der Waals surface area contributed by atoms with E-state index in [0.29, 0.717) is 31.6 Å². The van der Waals surface area contributed by atoms with E-state index in [1.165, 1.54) is 9.30 Å². The summed E-state index contributed by atoms with van der Waals surface area (Å²) in [5.41, 5.74) is 0.438. The zero-order valence-electron chi connectivity index (χ0n) is 13.1. The molecule has 2 aliphatic rings. The third kappa shape index (κ3) is 2.29. The summed E-state index contributed by atoms with van der Waals surface area (Å²) in [6.45, 7) is 2.77. The van der Waals surface area contributed by atoms with E-state index in [1.54, 1.807) is 12.3 Å². The molecule has 1 spiro atoms. The monoisotopic (exact) mass is 333 g/mol. The summed E-state index contributed by atoms with van der Waals surface area (Å²) < 4.78 is 25.9. The number of pyridine rings is 1. The fourth-order valence-electron chi connectivity index (χ4n) is 3.20. The van der Waals surface area contributed by atoms with Crippen LogP contribution in [-0.2, 0) is 9.47 Å². The number of ether oxygens (including phenoxy) is 2. The second-order valence-corrected chi connectivity index (χ2v) is 6.30. The summed E-state index contributed by atoms with van der Waals surface area (Å²) in [5, 5.41) is 0. The van der Waals surface area contributed by atoms with E-state index in [9.17, 15) is 14.0 Å². The van der Waals surface area contributed by atoms with Gasteiger partial charge in [-0.2, -0.15) is 4.39 Å². The number of halogens is 1. The number of rotatable bonds is 1. The predicted octanol–water partition coefficient (Wildman–Crippen LogP) is 1.92. The van der Waals surface area contributed by atoms with Crippen LogP contribution < -0.4 is 0 Å². The number of nitrogens with zero attached hydrogens (tertiary/aromatic N) is 3. The molecule has 24 heavy (non-hydrogen) atoms. The van der Waals surface area contributed by atoms with Crippen molar-refractivity contribution in [3.8, 4) is 0 Å². The van der Waals surface area contributed by atoms with Gasteiger partial charge in [-0.25, -0.2) is 9.78 Å². The number of amides is 1. The minimum atomic E-state index is -0.670. The van der Waals surface area contributed by atoms with E-state index in [1.807, 2.05) is 13.0 Å². The molecule has 2 aliphatic heterocycles. The van der Waals surface area contributed by atoms with Crippen molar-refractivity contribution in [1.29, 1.82) is 0 Å². The second kappa shape index (κ2) is 5.19. The van der Waals surface area contributed by atoms with Gasteiger partial charge in [-0.05, 0) is 18.6 Å². The van der Waals surface area contributed by atoms with Gasteiger partial charge in [-0.15, -0.1) is 0 Å². The molecule has 0 saturated carbocycles. The number of carbonyl (C=O) groups excluding carboxylic acids is 2. The van der Waals surface area contributed by atoms with Crippen molar-refractivity contribution in [3.05, 3.63) is 35.5 Å². The highest BCUT2D eigenvalue weighted by molar-refractivity contribution is 5.93. The van der Waals surface area contributed by atoms with Crippen molar-refractivity contribution >= 4 is 17.7 Å². The maximum Gasteiger partial charge on any atom is 0.509 e. The van der Waals surface area contributed by atoms with E-state index in [2.05, 4.69) is 4.98 Å². The molecule has 2 aromatic heterocycles. The Hall–Kier alpha value is -2.64. The lowest BCUT2D eigenvalue weighted by Crippen LogP contribution is -2.48. The van der Waals surface area contributed by atoms with Crippen LogP contribution in [0.5, 0.6) is 0 Å². The summed E-state index contributed by atoms with van der Waals surface area (Å²) >= 11 is 0. The standard InChI is InChI=1S/C16H16FN3O4/c1-10-2-3-11-18-12(13(17)20(11)8-10)14(21)19-6-4-16(5-7-19)9-23-15(22)24-16/h2-3,8H,4-7,9H2,1H3.